The van der Waals surface area contributed by atoms with Crippen LogP contribution in [0.2, 0.25) is 5.02 Å². The Hall–Kier alpha value is -3.09. The number of carbonyl (C=O) groups is 1. The van der Waals surface area contributed by atoms with Crippen LogP contribution in [0, 0.1) is 0 Å². The number of halogens is 1. The number of hydrogen-bond acceptors (Lipinski definition) is 5. The predicted octanol–water partition coefficient (Wildman–Crippen LogP) is 6.87. The summed E-state index contributed by atoms with van der Waals surface area (Å²) in [6.45, 7) is 7.71. The van der Waals surface area contributed by atoms with Gasteiger partial charge in [-0.05, 0) is 76.1 Å². The van der Waals surface area contributed by atoms with E-state index in [-0.39, 0.29) is 18.5 Å². The molecule has 0 saturated carbocycles. The number of hydrogen-bond donors (Lipinski definition) is 1. The zero-order valence-corrected chi connectivity index (χ0v) is 23.6. The lowest BCUT2D eigenvalue weighted by atomic mass is 9.92. The fourth-order valence-corrected chi connectivity index (χ4v) is 5.71. The molecular weight excluding hydrogens is 508 g/mol. The standard InChI is InChI=1S/C32H39ClN4O2/c1-23(9-8-19-34-2)30-11-4-3-7-20-37(30)22-24-13-18-27-29(21-24)35-28(10-5-6-12-31(38)39)32(36-27)25-14-16-26(33)17-15-25/h8-9,13-19,21,27,29-30H,2-7,10-12,20,22H2,1H3,(H,38,39)/b19-8-,23-9+. The number of nitrogens with zero attached hydrogens (tertiary/aromatic N) is 4. The minimum atomic E-state index is -0.762. The molecule has 2 heterocycles. The average molecular weight is 547 g/mol. The molecule has 1 aliphatic carbocycles. The first kappa shape index (κ1) is 28.9. The van der Waals surface area contributed by atoms with E-state index in [1.807, 2.05) is 30.3 Å². The summed E-state index contributed by atoms with van der Waals surface area (Å²) in [6, 6.07) is 8.04. The van der Waals surface area contributed by atoms with Crippen molar-refractivity contribution in [2.45, 2.75) is 76.4 Å². The number of allylic oxidation sites excluding steroid dienone is 2. The number of unbranched alkanes of at least 4 members (excludes halogenated alkanes) is 1. The highest BCUT2D eigenvalue weighted by molar-refractivity contribution is 6.49. The zero-order valence-electron chi connectivity index (χ0n) is 22.8. The molecule has 0 amide bonds. The van der Waals surface area contributed by atoms with Crippen LogP contribution in [0.25, 0.3) is 0 Å². The minimum Gasteiger partial charge on any atom is -0.481 e. The van der Waals surface area contributed by atoms with Gasteiger partial charge in [-0.2, -0.15) is 0 Å². The fraction of sp³-hybridized carbons (Fsp3) is 0.438. The van der Waals surface area contributed by atoms with Crippen LogP contribution in [0.15, 0.2) is 87.0 Å². The summed E-state index contributed by atoms with van der Waals surface area (Å²) in [5, 5.41) is 9.73. The van der Waals surface area contributed by atoms with Crippen molar-refractivity contribution in [2.75, 3.05) is 13.1 Å². The number of carboxylic acid groups (broad SMARTS) is 1. The van der Waals surface area contributed by atoms with Gasteiger partial charge in [0.25, 0.3) is 0 Å². The number of fused-ring (bicyclic) bond motifs is 1. The molecule has 206 valence electrons. The Kier molecular flexibility index (Phi) is 10.6. The summed E-state index contributed by atoms with van der Waals surface area (Å²) < 4.78 is 0. The predicted molar refractivity (Wildman–Crippen MR) is 163 cm³/mol. The van der Waals surface area contributed by atoms with Crippen LogP contribution in [-0.2, 0) is 4.79 Å². The Morgan fingerprint density at radius 2 is 2.00 bits per heavy atom. The van der Waals surface area contributed by atoms with Crippen LogP contribution >= 0.6 is 11.6 Å². The monoisotopic (exact) mass is 546 g/mol. The molecule has 0 radical (unpaired) electrons. The second-order valence-electron chi connectivity index (χ2n) is 10.5. The summed E-state index contributed by atoms with van der Waals surface area (Å²) >= 11 is 6.14. The van der Waals surface area contributed by atoms with Crippen LogP contribution in [0.3, 0.4) is 0 Å². The molecule has 1 aromatic carbocycles. The molecule has 39 heavy (non-hydrogen) atoms. The van der Waals surface area contributed by atoms with Crippen molar-refractivity contribution in [2.24, 2.45) is 15.0 Å². The van der Waals surface area contributed by atoms with E-state index in [0.717, 1.165) is 42.9 Å². The van der Waals surface area contributed by atoms with E-state index in [9.17, 15) is 4.79 Å². The van der Waals surface area contributed by atoms with Crippen LogP contribution in [0.1, 0.15) is 63.9 Å². The number of aliphatic carboxylic acids is 1. The number of likely N-dealkylation sites (tertiary alicyclic amines) is 1. The molecule has 3 aliphatic rings. The molecule has 1 saturated heterocycles. The molecule has 1 aromatic rings. The number of rotatable bonds is 11. The van der Waals surface area contributed by atoms with Crippen molar-refractivity contribution in [1.82, 2.24) is 4.90 Å². The molecule has 0 aromatic heterocycles. The normalized spacial score (nSPS) is 24.0. The lowest BCUT2D eigenvalue weighted by molar-refractivity contribution is -0.137. The zero-order chi connectivity index (χ0) is 27.6. The molecule has 6 nitrogen and oxygen atoms in total. The van der Waals surface area contributed by atoms with E-state index in [1.165, 1.54) is 30.4 Å². The van der Waals surface area contributed by atoms with Crippen molar-refractivity contribution in [3.8, 4) is 0 Å². The first-order valence-corrected chi connectivity index (χ1v) is 14.4. The third-order valence-electron chi connectivity index (χ3n) is 7.60. The first-order valence-electron chi connectivity index (χ1n) is 14.0. The molecule has 0 spiro atoms. The van der Waals surface area contributed by atoms with Gasteiger partial charge in [-0.25, -0.2) is 0 Å². The number of aliphatic imine (C=N–C) groups is 3. The smallest absolute Gasteiger partial charge is 0.303 e. The molecule has 4 rings (SSSR count). The maximum absolute atomic E-state index is 11.0. The van der Waals surface area contributed by atoms with Crippen LogP contribution in [-0.4, -0.2) is 65.3 Å². The molecular formula is C32H39ClN4O2. The second kappa shape index (κ2) is 14.3. The minimum absolute atomic E-state index is 0.0414. The lowest BCUT2D eigenvalue weighted by Gasteiger charge is -2.33. The molecule has 1 N–H and O–H groups in total. The molecule has 0 bridgehead atoms. The van der Waals surface area contributed by atoms with Crippen molar-refractivity contribution < 1.29 is 9.90 Å². The van der Waals surface area contributed by atoms with Gasteiger partial charge in [0, 0.05) is 35.8 Å². The summed E-state index contributed by atoms with van der Waals surface area (Å²) in [6.07, 6.45) is 19.7. The van der Waals surface area contributed by atoms with Gasteiger partial charge in [-0.3, -0.25) is 24.7 Å². The summed E-state index contributed by atoms with van der Waals surface area (Å²) in [5.74, 6) is -0.762. The maximum Gasteiger partial charge on any atom is 0.303 e. The summed E-state index contributed by atoms with van der Waals surface area (Å²) in [4.78, 5) is 27.8. The molecule has 3 unspecified atom stereocenters. The highest BCUT2D eigenvalue weighted by atomic mass is 35.5. The van der Waals surface area contributed by atoms with Gasteiger partial charge < -0.3 is 5.11 Å². The third-order valence-corrected chi connectivity index (χ3v) is 7.85. The number of carboxylic acids is 1. The average Bonchev–Trinajstić information content (AvgIpc) is 3.16. The Labute approximate surface area is 237 Å². The summed E-state index contributed by atoms with van der Waals surface area (Å²) in [7, 11) is 0. The van der Waals surface area contributed by atoms with Crippen molar-refractivity contribution in [3.05, 3.63) is 82.6 Å². The van der Waals surface area contributed by atoms with Crippen LogP contribution in [0.4, 0.5) is 0 Å². The SMILES string of the molecule is C=N/C=C\C=C(/C)C1CCCCCN1CC1=CC2N=C(CCCCC(=O)O)C(c3ccc(Cl)cc3)=NC2C=C1. The van der Waals surface area contributed by atoms with Gasteiger partial charge in [-0.15, -0.1) is 0 Å². The molecule has 3 atom stereocenters. The molecule has 7 heteroatoms. The van der Waals surface area contributed by atoms with E-state index >= 15 is 0 Å². The van der Waals surface area contributed by atoms with Gasteiger partial charge in [0.15, 0.2) is 0 Å². The summed E-state index contributed by atoms with van der Waals surface area (Å²) in [5.41, 5.74) is 5.46. The highest BCUT2D eigenvalue weighted by Gasteiger charge is 2.29. The highest BCUT2D eigenvalue weighted by Crippen LogP contribution is 2.28. The number of benzene rings is 1. The van der Waals surface area contributed by atoms with E-state index in [0.29, 0.717) is 23.9 Å². The molecule has 2 aliphatic heterocycles. The Morgan fingerprint density at radius 3 is 2.77 bits per heavy atom. The fourth-order valence-electron chi connectivity index (χ4n) is 5.59. The van der Waals surface area contributed by atoms with Crippen molar-refractivity contribution in [3.63, 3.8) is 0 Å². The van der Waals surface area contributed by atoms with E-state index in [2.05, 4.69) is 47.8 Å². The second-order valence-corrected chi connectivity index (χ2v) is 10.9. The van der Waals surface area contributed by atoms with Gasteiger partial charge >= 0.3 is 5.97 Å². The van der Waals surface area contributed by atoms with E-state index < -0.39 is 5.97 Å². The third kappa shape index (κ3) is 8.20. The Bertz CT molecular complexity index is 1210. The van der Waals surface area contributed by atoms with Crippen LogP contribution < -0.4 is 0 Å². The Morgan fingerprint density at radius 1 is 1.18 bits per heavy atom. The van der Waals surface area contributed by atoms with Gasteiger partial charge in [0.2, 0.25) is 0 Å². The van der Waals surface area contributed by atoms with E-state index in [4.69, 9.17) is 26.7 Å². The lowest BCUT2D eigenvalue weighted by Crippen LogP contribution is -2.38. The quantitative estimate of drug-likeness (QED) is 0.187. The van der Waals surface area contributed by atoms with Gasteiger partial charge in [-0.1, -0.05) is 66.5 Å². The topological polar surface area (TPSA) is 77.6 Å². The molecule has 1 fully saturated rings. The largest absolute Gasteiger partial charge is 0.481 e. The van der Waals surface area contributed by atoms with Crippen molar-refractivity contribution >= 4 is 35.7 Å². The first-order chi connectivity index (χ1) is 18.9. The maximum atomic E-state index is 11.0. The van der Waals surface area contributed by atoms with Gasteiger partial charge in [0.1, 0.15) is 0 Å². The Balaban J connectivity index is 1.54. The van der Waals surface area contributed by atoms with E-state index in [1.54, 1.807) is 6.20 Å². The van der Waals surface area contributed by atoms with Crippen molar-refractivity contribution in [1.29, 1.82) is 0 Å². The van der Waals surface area contributed by atoms with Crippen LogP contribution in [0.5, 0.6) is 0 Å². The van der Waals surface area contributed by atoms with Gasteiger partial charge in [0.05, 0.1) is 23.5 Å².